The average molecular weight is 721 g/mol. The van der Waals surface area contributed by atoms with Gasteiger partial charge in [-0.1, -0.05) is 103 Å². The number of furan rings is 1. The van der Waals surface area contributed by atoms with Crippen LogP contribution in [-0.4, -0.2) is 43.6 Å². The molecule has 0 aliphatic heterocycles. The van der Waals surface area contributed by atoms with Crippen LogP contribution in [0.15, 0.2) is 132 Å². The molecule has 3 fully saturated rings. The average Bonchev–Trinajstić information content (AvgIpc) is 3.89. The quantitative estimate of drug-likeness (QED) is 0.116. The summed E-state index contributed by atoms with van der Waals surface area (Å²) in [7, 11) is 1.47. The molecule has 264 valence electrons. The monoisotopic (exact) mass is 720 g/mol. The fourth-order valence-electron chi connectivity index (χ4n) is 8.84. The minimum absolute atomic E-state index is 0.125. The van der Waals surface area contributed by atoms with E-state index in [1.54, 1.807) is 12.5 Å². The molecule has 3 aromatic carbocycles. The lowest BCUT2D eigenvalue weighted by molar-refractivity contribution is -0.152. The van der Waals surface area contributed by atoms with Gasteiger partial charge in [-0.15, -0.1) is 0 Å². The smallest absolute Gasteiger partial charge is 0.311 e. The maximum Gasteiger partial charge on any atom is 0.311 e. The molecule has 2 bridgehead atoms. The Labute approximate surface area is 312 Å². The Morgan fingerprint density at radius 3 is 2.04 bits per heavy atom. The van der Waals surface area contributed by atoms with Crippen molar-refractivity contribution in [3.05, 3.63) is 150 Å². The molecule has 10 rings (SSSR count). The molecule has 10 heteroatoms. The van der Waals surface area contributed by atoms with Gasteiger partial charge < -0.3 is 19.0 Å². The Kier molecular flexibility index (Phi) is 8.51. The van der Waals surface area contributed by atoms with Crippen molar-refractivity contribution in [3.8, 4) is 22.8 Å². The first-order valence-corrected chi connectivity index (χ1v) is 18.4. The van der Waals surface area contributed by atoms with Crippen molar-refractivity contribution in [2.24, 2.45) is 17.8 Å². The molecule has 1 N–H and O–H groups in total. The van der Waals surface area contributed by atoms with E-state index in [9.17, 15) is 4.79 Å². The minimum atomic E-state index is -0.877. The maximum atomic E-state index is 13.2. The Morgan fingerprint density at radius 2 is 1.45 bits per heavy atom. The first-order chi connectivity index (χ1) is 26.0. The predicted octanol–water partition coefficient (Wildman–Crippen LogP) is 9.03. The van der Waals surface area contributed by atoms with Gasteiger partial charge in [-0.3, -0.25) is 4.79 Å². The summed E-state index contributed by atoms with van der Waals surface area (Å²) in [4.78, 5) is 33.3. The lowest BCUT2D eigenvalue weighted by atomic mass is 9.61. The normalized spacial score (nSPS) is 19.7. The summed E-state index contributed by atoms with van der Waals surface area (Å²) < 4.78 is 13.4. The highest BCUT2D eigenvalue weighted by Gasteiger charge is 2.48. The van der Waals surface area contributed by atoms with Gasteiger partial charge in [0.25, 0.3) is 0 Å². The molecule has 0 saturated heterocycles. The lowest BCUT2D eigenvalue weighted by Crippen LogP contribution is -2.51. The van der Waals surface area contributed by atoms with Gasteiger partial charge in [-0.05, 0) is 66.3 Å². The summed E-state index contributed by atoms with van der Waals surface area (Å²) in [6, 6.07) is 36.7. The molecule has 9 nitrogen and oxygen atoms in total. The molecular formula is C43H37ClN6O3. The minimum Gasteiger partial charge on any atom is -0.469 e. The molecule has 4 aromatic heterocycles. The predicted molar refractivity (Wildman–Crippen MR) is 204 cm³/mol. The zero-order valence-corrected chi connectivity index (χ0v) is 29.9. The molecule has 3 aliphatic carbocycles. The summed E-state index contributed by atoms with van der Waals surface area (Å²) in [5.74, 6) is 1.76. The number of hydrogen-bond donors (Lipinski definition) is 1. The van der Waals surface area contributed by atoms with Gasteiger partial charge in [0.1, 0.15) is 27.7 Å². The summed E-state index contributed by atoms with van der Waals surface area (Å²) in [5.41, 5.74) is 4.62. The van der Waals surface area contributed by atoms with Crippen LogP contribution in [0, 0.1) is 17.8 Å². The van der Waals surface area contributed by atoms with Gasteiger partial charge >= 0.3 is 5.97 Å². The molecule has 2 atom stereocenters. The van der Waals surface area contributed by atoms with E-state index in [1.165, 1.54) is 7.11 Å². The fraction of sp³-hybridized carbons (Fsp3) is 0.233. The first kappa shape index (κ1) is 33.1. The molecule has 4 heterocycles. The fourth-order valence-corrected chi connectivity index (χ4v) is 8.97. The van der Waals surface area contributed by atoms with Crippen LogP contribution in [0.25, 0.3) is 34.0 Å². The van der Waals surface area contributed by atoms with Crippen LogP contribution >= 0.6 is 11.6 Å². The Morgan fingerprint density at radius 1 is 0.830 bits per heavy atom. The third-order valence-corrected chi connectivity index (χ3v) is 11.3. The highest BCUT2D eigenvalue weighted by Crippen LogP contribution is 2.48. The van der Waals surface area contributed by atoms with Crippen LogP contribution in [0.1, 0.15) is 42.4 Å². The van der Waals surface area contributed by atoms with E-state index in [2.05, 4.69) is 82.7 Å². The van der Waals surface area contributed by atoms with Gasteiger partial charge in [0, 0.05) is 18.3 Å². The number of methoxy groups -OCH3 is 1. The number of rotatable bonds is 9. The van der Waals surface area contributed by atoms with Crippen LogP contribution in [-0.2, 0) is 15.1 Å². The van der Waals surface area contributed by atoms with Crippen molar-refractivity contribution in [1.29, 1.82) is 0 Å². The molecule has 53 heavy (non-hydrogen) atoms. The summed E-state index contributed by atoms with van der Waals surface area (Å²) in [5, 5.41) is 3.95. The number of carbonyl (C=O) groups excluding carboxylic acids is 1. The zero-order valence-electron chi connectivity index (χ0n) is 29.1. The molecular weight excluding hydrogens is 684 g/mol. The molecule has 3 saturated carbocycles. The van der Waals surface area contributed by atoms with Gasteiger partial charge in [-0.2, -0.15) is 0 Å². The molecule has 3 aliphatic rings. The Hall–Kier alpha value is -5.80. The van der Waals surface area contributed by atoms with E-state index < -0.39 is 5.54 Å². The third-order valence-electron chi connectivity index (χ3n) is 11.1. The van der Waals surface area contributed by atoms with E-state index in [0.29, 0.717) is 45.7 Å². The second kappa shape index (κ2) is 13.6. The second-order valence-electron chi connectivity index (χ2n) is 13.9. The standard InChI is InChI=1S/C43H37ClN6O3/c1-52-42(51)37-27-19-21-28(22-20-27)38(37)48-36-24-33(34-18-11-23-53-34)46-40(49-36)32-26-50(41-39(32)47-35(44)25-45-41)43(29-12-5-2-6-13-29,30-14-7-3-8-15-30)31-16-9-4-10-17-31/h2-18,23-28,37-38H,19-22H2,1H3,(H,46,48,49). The maximum absolute atomic E-state index is 13.2. The van der Waals surface area contributed by atoms with E-state index in [1.807, 2.05) is 42.6 Å². The Bertz CT molecular complexity index is 2280. The number of nitrogens with one attached hydrogen (secondary N) is 1. The summed E-state index contributed by atoms with van der Waals surface area (Å²) in [6.45, 7) is 0. The topological polar surface area (TPSA) is 108 Å². The molecule has 7 aromatic rings. The molecule has 0 amide bonds. The van der Waals surface area contributed by atoms with Crippen LogP contribution in [0.3, 0.4) is 0 Å². The van der Waals surface area contributed by atoms with Crippen LogP contribution in [0.5, 0.6) is 0 Å². The van der Waals surface area contributed by atoms with E-state index >= 15 is 0 Å². The van der Waals surface area contributed by atoms with Crippen LogP contribution < -0.4 is 5.32 Å². The number of esters is 1. The van der Waals surface area contributed by atoms with Gasteiger partial charge in [-0.25, -0.2) is 19.9 Å². The Balaban J connectivity index is 1.29. The van der Waals surface area contributed by atoms with Crippen LogP contribution in [0.2, 0.25) is 5.15 Å². The third kappa shape index (κ3) is 5.67. The number of aromatic nitrogens is 5. The number of hydrogen-bond acceptors (Lipinski definition) is 8. The number of anilines is 1. The van der Waals surface area contributed by atoms with Gasteiger partial charge in [0.15, 0.2) is 17.2 Å². The van der Waals surface area contributed by atoms with Gasteiger partial charge in [0.05, 0.1) is 31.1 Å². The van der Waals surface area contributed by atoms with Crippen molar-refractivity contribution in [1.82, 2.24) is 24.5 Å². The van der Waals surface area contributed by atoms with Crippen molar-refractivity contribution in [3.63, 3.8) is 0 Å². The highest BCUT2D eigenvalue weighted by molar-refractivity contribution is 6.29. The van der Waals surface area contributed by atoms with Gasteiger partial charge in [0.2, 0.25) is 0 Å². The van der Waals surface area contributed by atoms with E-state index in [4.69, 9.17) is 40.7 Å². The van der Waals surface area contributed by atoms with Crippen molar-refractivity contribution < 1.29 is 13.9 Å². The number of ether oxygens (including phenoxy) is 1. The largest absolute Gasteiger partial charge is 0.469 e. The van der Waals surface area contributed by atoms with Crippen molar-refractivity contribution in [2.75, 3.05) is 12.4 Å². The van der Waals surface area contributed by atoms with E-state index in [0.717, 1.165) is 42.4 Å². The summed E-state index contributed by atoms with van der Waals surface area (Å²) >= 11 is 6.63. The molecule has 2 unspecified atom stereocenters. The zero-order chi connectivity index (χ0) is 35.9. The van der Waals surface area contributed by atoms with E-state index in [-0.39, 0.29) is 29.0 Å². The van der Waals surface area contributed by atoms with Crippen LogP contribution in [0.4, 0.5) is 5.82 Å². The number of benzene rings is 3. The number of carbonyl (C=O) groups is 1. The van der Waals surface area contributed by atoms with Crippen molar-refractivity contribution in [2.45, 2.75) is 37.3 Å². The number of halogens is 1. The second-order valence-corrected chi connectivity index (χ2v) is 14.3. The SMILES string of the molecule is COC(=O)C1C2CCC(CC2)C1Nc1cc(-c2ccco2)nc(-c2cn(C(c3ccccc3)(c3ccccc3)c3ccccc3)c3ncc(Cl)nc23)n1. The van der Waals surface area contributed by atoms with Crippen molar-refractivity contribution >= 4 is 34.6 Å². The lowest BCUT2D eigenvalue weighted by Gasteiger charge is -2.47. The molecule has 0 radical (unpaired) electrons. The first-order valence-electron chi connectivity index (χ1n) is 18.0. The molecule has 0 spiro atoms. The number of nitrogens with zero attached hydrogens (tertiary/aromatic N) is 5. The summed E-state index contributed by atoms with van der Waals surface area (Å²) in [6.07, 6.45) is 9.41. The highest BCUT2D eigenvalue weighted by atomic mass is 35.5. The number of fused-ring (bicyclic) bond motifs is 4.